The summed E-state index contributed by atoms with van der Waals surface area (Å²) in [5.41, 5.74) is 2.18. The SMILES string of the molecule is CCN(C(=O)C1CC(=O)N(c2ccccc2F)C1)c1nc2c(C)cccc2s1. The molecular formula is C21H20FN3O2S. The number of aromatic nitrogens is 1. The van der Waals surface area contributed by atoms with E-state index in [1.54, 1.807) is 23.1 Å². The first-order chi connectivity index (χ1) is 13.5. The number of thiazole rings is 1. The zero-order valence-corrected chi connectivity index (χ0v) is 16.5. The zero-order valence-electron chi connectivity index (χ0n) is 15.7. The number of aryl methyl sites for hydroxylation is 1. The molecule has 1 aliphatic rings. The molecule has 144 valence electrons. The van der Waals surface area contributed by atoms with Gasteiger partial charge in [0, 0.05) is 19.5 Å². The quantitative estimate of drug-likeness (QED) is 0.665. The van der Waals surface area contributed by atoms with Gasteiger partial charge in [0.15, 0.2) is 5.13 Å². The van der Waals surface area contributed by atoms with Crippen LogP contribution in [0.4, 0.5) is 15.2 Å². The molecule has 28 heavy (non-hydrogen) atoms. The van der Waals surface area contributed by atoms with Crippen molar-refractivity contribution in [3.05, 3.63) is 53.8 Å². The van der Waals surface area contributed by atoms with Crippen LogP contribution < -0.4 is 9.80 Å². The predicted molar refractivity (Wildman–Crippen MR) is 109 cm³/mol. The molecule has 1 atom stereocenters. The lowest BCUT2D eigenvalue weighted by atomic mass is 10.1. The highest BCUT2D eigenvalue weighted by molar-refractivity contribution is 7.22. The summed E-state index contributed by atoms with van der Waals surface area (Å²) in [4.78, 5) is 33.3. The molecule has 0 bridgehead atoms. The van der Waals surface area contributed by atoms with Crippen molar-refractivity contribution >= 4 is 44.2 Å². The maximum Gasteiger partial charge on any atom is 0.234 e. The fourth-order valence-electron chi connectivity index (χ4n) is 3.57. The molecule has 1 fully saturated rings. The van der Waals surface area contributed by atoms with Gasteiger partial charge in [-0.2, -0.15) is 0 Å². The van der Waals surface area contributed by atoms with Crippen molar-refractivity contribution in [3.8, 4) is 0 Å². The summed E-state index contributed by atoms with van der Waals surface area (Å²) in [6.07, 6.45) is 0.0770. The Kier molecular flexibility index (Phi) is 4.85. The Bertz CT molecular complexity index is 1060. The van der Waals surface area contributed by atoms with Crippen molar-refractivity contribution in [2.75, 3.05) is 22.9 Å². The maximum atomic E-state index is 14.1. The van der Waals surface area contributed by atoms with E-state index in [4.69, 9.17) is 0 Å². The van der Waals surface area contributed by atoms with Crippen LogP contribution in [0.25, 0.3) is 10.2 Å². The van der Waals surface area contributed by atoms with Crippen LogP contribution in [0.3, 0.4) is 0 Å². The van der Waals surface area contributed by atoms with Crippen molar-refractivity contribution in [1.82, 2.24) is 4.98 Å². The van der Waals surface area contributed by atoms with Gasteiger partial charge in [-0.15, -0.1) is 0 Å². The molecule has 2 amide bonds. The van der Waals surface area contributed by atoms with E-state index in [9.17, 15) is 14.0 Å². The van der Waals surface area contributed by atoms with Crippen molar-refractivity contribution in [2.45, 2.75) is 20.3 Å². The molecule has 0 aliphatic carbocycles. The Hall–Kier alpha value is -2.80. The normalized spacial score (nSPS) is 16.8. The van der Waals surface area contributed by atoms with Crippen LogP contribution in [0.15, 0.2) is 42.5 Å². The molecule has 2 heterocycles. The summed E-state index contributed by atoms with van der Waals surface area (Å²) in [5.74, 6) is -1.36. The highest BCUT2D eigenvalue weighted by Crippen LogP contribution is 2.33. The van der Waals surface area contributed by atoms with E-state index in [-0.39, 0.29) is 30.5 Å². The summed E-state index contributed by atoms with van der Waals surface area (Å²) < 4.78 is 15.1. The molecule has 3 aromatic rings. The maximum absolute atomic E-state index is 14.1. The van der Waals surface area contributed by atoms with Crippen molar-refractivity contribution in [2.24, 2.45) is 5.92 Å². The largest absolute Gasteiger partial charge is 0.309 e. The Labute approximate surface area is 166 Å². The van der Waals surface area contributed by atoms with E-state index in [0.29, 0.717) is 11.7 Å². The lowest BCUT2D eigenvalue weighted by Crippen LogP contribution is -2.37. The van der Waals surface area contributed by atoms with E-state index >= 15 is 0 Å². The smallest absolute Gasteiger partial charge is 0.234 e. The summed E-state index contributed by atoms with van der Waals surface area (Å²) >= 11 is 1.47. The number of benzene rings is 2. The second kappa shape index (κ2) is 7.31. The van der Waals surface area contributed by atoms with Gasteiger partial charge in [0.05, 0.1) is 21.8 Å². The number of hydrogen-bond donors (Lipinski definition) is 0. The highest BCUT2D eigenvalue weighted by Gasteiger charge is 2.38. The molecule has 7 heteroatoms. The first-order valence-electron chi connectivity index (χ1n) is 9.22. The first-order valence-corrected chi connectivity index (χ1v) is 10.0. The van der Waals surface area contributed by atoms with Gasteiger partial charge in [-0.25, -0.2) is 9.37 Å². The summed E-state index contributed by atoms with van der Waals surface area (Å²) in [6.45, 7) is 4.52. The fourth-order valence-corrected chi connectivity index (χ4v) is 4.68. The van der Waals surface area contributed by atoms with Gasteiger partial charge in [-0.3, -0.25) is 14.5 Å². The molecule has 5 nitrogen and oxygen atoms in total. The van der Waals surface area contributed by atoms with Crippen LogP contribution >= 0.6 is 11.3 Å². The molecule has 0 saturated carbocycles. The number of carbonyl (C=O) groups is 2. The minimum absolute atomic E-state index is 0.0770. The summed E-state index contributed by atoms with van der Waals surface area (Å²) in [7, 11) is 0. The van der Waals surface area contributed by atoms with Crippen LogP contribution in [0, 0.1) is 18.7 Å². The van der Waals surface area contributed by atoms with E-state index in [1.807, 2.05) is 32.0 Å². The number of rotatable bonds is 4. The van der Waals surface area contributed by atoms with E-state index < -0.39 is 11.7 Å². The van der Waals surface area contributed by atoms with Gasteiger partial charge in [0.25, 0.3) is 0 Å². The van der Waals surface area contributed by atoms with Crippen molar-refractivity contribution in [1.29, 1.82) is 0 Å². The van der Waals surface area contributed by atoms with Gasteiger partial charge >= 0.3 is 0 Å². The molecular weight excluding hydrogens is 377 g/mol. The fraction of sp³-hybridized carbons (Fsp3) is 0.286. The number of anilines is 2. The van der Waals surface area contributed by atoms with Crippen LogP contribution in [0.2, 0.25) is 0 Å². The molecule has 1 aliphatic heterocycles. The number of para-hydroxylation sites is 2. The molecule has 1 unspecified atom stereocenters. The number of hydrogen-bond acceptors (Lipinski definition) is 4. The molecule has 4 rings (SSSR count). The van der Waals surface area contributed by atoms with Crippen LogP contribution in [0.1, 0.15) is 18.9 Å². The second-order valence-corrected chi connectivity index (χ2v) is 7.87. The minimum Gasteiger partial charge on any atom is -0.309 e. The van der Waals surface area contributed by atoms with Gasteiger partial charge in [-0.1, -0.05) is 35.6 Å². The lowest BCUT2D eigenvalue weighted by Gasteiger charge is -2.22. The van der Waals surface area contributed by atoms with Gasteiger partial charge in [0.2, 0.25) is 11.8 Å². The topological polar surface area (TPSA) is 53.5 Å². The van der Waals surface area contributed by atoms with E-state index in [0.717, 1.165) is 15.8 Å². The third kappa shape index (κ3) is 3.16. The average molecular weight is 397 g/mol. The molecule has 2 aromatic carbocycles. The number of fused-ring (bicyclic) bond motifs is 1. The molecule has 0 radical (unpaired) electrons. The Morgan fingerprint density at radius 1 is 1.29 bits per heavy atom. The Morgan fingerprint density at radius 2 is 2.07 bits per heavy atom. The zero-order chi connectivity index (χ0) is 19.8. The second-order valence-electron chi connectivity index (χ2n) is 6.86. The van der Waals surface area contributed by atoms with Gasteiger partial charge < -0.3 is 4.90 Å². The van der Waals surface area contributed by atoms with E-state index in [1.165, 1.54) is 22.3 Å². The van der Waals surface area contributed by atoms with Gasteiger partial charge in [-0.05, 0) is 37.6 Å². The molecule has 0 spiro atoms. The standard InChI is InChI=1S/C21H20FN3O2S/c1-3-24(21-23-19-13(2)7-6-10-17(19)28-21)20(27)14-11-18(26)25(12-14)16-9-5-4-8-15(16)22/h4-10,14H,3,11-12H2,1-2H3. The van der Waals surface area contributed by atoms with Crippen molar-refractivity contribution < 1.29 is 14.0 Å². The van der Waals surface area contributed by atoms with Gasteiger partial charge in [0.1, 0.15) is 5.82 Å². The predicted octanol–water partition coefficient (Wildman–Crippen LogP) is 4.15. The first kappa shape index (κ1) is 18.6. The third-order valence-electron chi connectivity index (χ3n) is 5.04. The Morgan fingerprint density at radius 3 is 2.79 bits per heavy atom. The van der Waals surface area contributed by atoms with Crippen LogP contribution in [-0.4, -0.2) is 29.9 Å². The monoisotopic (exact) mass is 397 g/mol. The molecule has 0 N–H and O–H groups in total. The van der Waals surface area contributed by atoms with Crippen LogP contribution in [-0.2, 0) is 9.59 Å². The average Bonchev–Trinajstić information content (AvgIpc) is 3.27. The van der Waals surface area contributed by atoms with Crippen molar-refractivity contribution in [3.63, 3.8) is 0 Å². The lowest BCUT2D eigenvalue weighted by molar-refractivity contribution is -0.124. The number of amides is 2. The summed E-state index contributed by atoms with van der Waals surface area (Å²) in [5, 5.41) is 0.633. The van der Waals surface area contributed by atoms with Crippen LogP contribution in [0.5, 0.6) is 0 Å². The number of nitrogens with zero attached hydrogens (tertiary/aromatic N) is 3. The van der Waals surface area contributed by atoms with E-state index in [2.05, 4.69) is 4.98 Å². The molecule has 1 aromatic heterocycles. The minimum atomic E-state index is -0.514. The highest BCUT2D eigenvalue weighted by atomic mass is 32.1. The Balaban J connectivity index is 1.60. The number of halogens is 1. The summed E-state index contributed by atoms with van der Waals surface area (Å²) in [6, 6.07) is 12.1. The number of carbonyl (C=O) groups excluding carboxylic acids is 2. The third-order valence-corrected chi connectivity index (χ3v) is 6.08. The molecule has 1 saturated heterocycles.